The molecule has 2 aromatic rings. The van der Waals surface area contributed by atoms with Gasteiger partial charge >= 0.3 is 0 Å². The van der Waals surface area contributed by atoms with E-state index in [9.17, 15) is 4.91 Å². The van der Waals surface area contributed by atoms with E-state index in [0.29, 0.717) is 12.3 Å². The van der Waals surface area contributed by atoms with Crippen molar-refractivity contribution in [2.75, 3.05) is 6.61 Å². The highest BCUT2D eigenvalue weighted by atomic mass is 16.5. The molecule has 0 aliphatic carbocycles. The van der Waals surface area contributed by atoms with Gasteiger partial charge < -0.3 is 4.74 Å². The van der Waals surface area contributed by atoms with Crippen LogP contribution >= 0.6 is 0 Å². The van der Waals surface area contributed by atoms with Gasteiger partial charge in [0.25, 0.3) is 0 Å². The van der Waals surface area contributed by atoms with Gasteiger partial charge in [0.2, 0.25) is 0 Å². The van der Waals surface area contributed by atoms with Gasteiger partial charge in [-0.15, -0.1) is 4.91 Å². The molecule has 3 nitrogen and oxygen atoms in total. The molecule has 0 aliphatic heterocycles. The Morgan fingerprint density at radius 3 is 2.26 bits per heavy atom. The topological polar surface area (TPSA) is 38.7 Å². The van der Waals surface area contributed by atoms with Crippen LogP contribution in [0.4, 0.5) is 5.69 Å². The van der Waals surface area contributed by atoms with E-state index >= 15 is 0 Å². The highest BCUT2D eigenvalue weighted by Gasteiger charge is 2.11. The van der Waals surface area contributed by atoms with Crippen LogP contribution in [-0.2, 0) is 6.42 Å². The molecule has 0 atom stereocenters. The van der Waals surface area contributed by atoms with E-state index in [-0.39, 0.29) is 5.92 Å². The predicted octanol–water partition coefficient (Wildman–Crippen LogP) is 5.81. The highest BCUT2D eigenvalue weighted by Crippen LogP contribution is 2.30. The molecule has 0 heterocycles. The van der Waals surface area contributed by atoms with Crippen molar-refractivity contribution in [2.45, 2.75) is 47.0 Å². The van der Waals surface area contributed by atoms with E-state index in [0.717, 1.165) is 17.7 Å². The van der Waals surface area contributed by atoms with Crippen molar-refractivity contribution in [3.8, 4) is 5.75 Å². The van der Waals surface area contributed by atoms with E-state index in [1.54, 1.807) is 0 Å². The lowest BCUT2D eigenvalue weighted by atomic mass is 9.92. The summed E-state index contributed by atoms with van der Waals surface area (Å²) in [6.45, 7) is 11.1. The molecule has 2 rings (SSSR count). The van der Waals surface area contributed by atoms with E-state index in [1.165, 1.54) is 22.3 Å². The number of nitrogens with zero attached hydrogens (tertiary/aromatic N) is 1. The van der Waals surface area contributed by atoms with Crippen LogP contribution in [0.25, 0.3) is 0 Å². The van der Waals surface area contributed by atoms with Crippen molar-refractivity contribution in [3.63, 3.8) is 0 Å². The normalized spacial score (nSPS) is 10.9. The number of hydrogen-bond donors (Lipinski definition) is 0. The molecule has 0 bridgehead atoms. The summed E-state index contributed by atoms with van der Waals surface area (Å²) >= 11 is 0. The summed E-state index contributed by atoms with van der Waals surface area (Å²) in [5.74, 6) is 1.21. The van der Waals surface area contributed by atoms with Gasteiger partial charge in [0.05, 0.1) is 6.61 Å². The Morgan fingerprint density at radius 2 is 1.74 bits per heavy atom. The molecule has 0 aliphatic rings. The minimum atomic E-state index is 0.283. The Kier molecular flexibility index (Phi) is 5.54. The summed E-state index contributed by atoms with van der Waals surface area (Å²) in [5, 5.41) is 3.14. The smallest absolute Gasteiger partial charge is 0.119 e. The molecule has 0 fully saturated rings. The molecule has 0 amide bonds. The molecule has 23 heavy (non-hydrogen) atoms. The Bertz CT molecular complexity index is 682. The van der Waals surface area contributed by atoms with E-state index < -0.39 is 0 Å². The zero-order valence-corrected chi connectivity index (χ0v) is 14.6. The van der Waals surface area contributed by atoms with E-state index in [4.69, 9.17) is 4.74 Å². The van der Waals surface area contributed by atoms with Crippen molar-refractivity contribution < 1.29 is 4.74 Å². The fourth-order valence-electron chi connectivity index (χ4n) is 2.95. The van der Waals surface area contributed by atoms with Gasteiger partial charge in [0.15, 0.2) is 0 Å². The van der Waals surface area contributed by atoms with Crippen LogP contribution in [0.1, 0.15) is 54.5 Å². The maximum Gasteiger partial charge on any atom is 0.119 e. The third kappa shape index (κ3) is 3.98. The Morgan fingerprint density at radius 1 is 1.09 bits per heavy atom. The van der Waals surface area contributed by atoms with Crippen LogP contribution in [0.3, 0.4) is 0 Å². The van der Waals surface area contributed by atoms with Gasteiger partial charge in [-0.3, -0.25) is 0 Å². The molecular weight excluding hydrogens is 286 g/mol. The first kappa shape index (κ1) is 17.2. The third-order valence-electron chi connectivity index (χ3n) is 4.17. The molecule has 0 spiro atoms. The standard InChI is InChI=1S/C20H25NO2/c1-6-23-17-9-14(4)19(15(5)10-17)12-16-7-8-20(21-22)18(11-16)13(2)3/h7-11,13H,6,12H2,1-5H3. The van der Waals surface area contributed by atoms with Gasteiger partial charge in [0.1, 0.15) is 11.4 Å². The Hall–Kier alpha value is -2.16. The number of aryl methyl sites for hydroxylation is 2. The van der Waals surface area contributed by atoms with Crippen LogP contribution in [0, 0.1) is 18.8 Å². The van der Waals surface area contributed by atoms with Crippen LogP contribution < -0.4 is 4.74 Å². The number of hydrogen-bond acceptors (Lipinski definition) is 3. The number of benzene rings is 2. The van der Waals surface area contributed by atoms with Crippen molar-refractivity contribution in [2.24, 2.45) is 5.18 Å². The summed E-state index contributed by atoms with van der Waals surface area (Å²) in [6.07, 6.45) is 0.850. The lowest BCUT2D eigenvalue weighted by Gasteiger charge is -2.15. The van der Waals surface area contributed by atoms with Gasteiger partial charge in [-0.25, -0.2) is 0 Å². The lowest BCUT2D eigenvalue weighted by molar-refractivity contribution is 0.339. The first-order valence-electron chi connectivity index (χ1n) is 8.15. The summed E-state index contributed by atoms with van der Waals surface area (Å²) in [5.41, 5.74) is 6.54. The van der Waals surface area contributed by atoms with Crippen molar-refractivity contribution in [3.05, 3.63) is 63.1 Å². The van der Waals surface area contributed by atoms with Crippen molar-refractivity contribution >= 4 is 5.69 Å². The fourth-order valence-corrected chi connectivity index (χ4v) is 2.95. The lowest BCUT2D eigenvalue weighted by Crippen LogP contribution is -2.00. The van der Waals surface area contributed by atoms with Gasteiger partial charge in [0, 0.05) is 0 Å². The van der Waals surface area contributed by atoms with Crippen molar-refractivity contribution in [1.29, 1.82) is 0 Å². The first-order chi connectivity index (χ1) is 11.0. The Labute approximate surface area is 138 Å². The van der Waals surface area contributed by atoms with Gasteiger partial charge in [-0.05, 0) is 84.3 Å². The number of nitroso groups, excluding NO2 is 1. The van der Waals surface area contributed by atoms with Crippen molar-refractivity contribution in [1.82, 2.24) is 0 Å². The van der Waals surface area contributed by atoms with Gasteiger partial charge in [-0.2, -0.15) is 0 Å². The quantitative estimate of drug-likeness (QED) is 0.631. The van der Waals surface area contributed by atoms with Crippen LogP contribution in [0.2, 0.25) is 0 Å². The molecule has 0 saturated heterocycles. The van der Waals surface area contributed by atoms with Crippen LogP contribution in [0.15, 0.2) is 35.5 Å². The number of rotatable bonds is 6. The average molecular weight is 311 g/mol. The highest BCUT2D eigenvalue weighted by molar-refractivity contribution is 5.51. The predicted molar refractivity (Wildman–Crippen MR) is 95.9 cm³/mol. The summed E-state index contributed by atoms with van der Waals surface area (Å²) in [6, 6.07) is 10.1. The first-order valence-corrected chi connectivity index (χ1v) is 8.15. The second kappa shape index (κ2) is 7.40. The largest absolute Gasteiger partial charge is 0.494 e. The van der Waals surface area contributed by atoms with Crippen LogP contribution in [0.5, 0.6) is 5.75 Å². The molecule has 122 valence electrons. The second-order valence-electron chi connectivity index (χ2n) is 6.28. The third-order valence-corrected chi connectivity index (χ3v) is 4.17. The molecule has 3 heteroatoms. The molecule has 0 aromatic heterocycles. The Balaban J connectivity index is 2.36. The molecule has 0 saturated carbocycles. The number of ether oxygens (including phenoxy) is 1. The molecule has 0 radical (unpaired) electrons. The van der Waals surface area contributed by atoms with E-state index in [1.807, 2.05) is 19.1 Å². The molecular formula is C20H25NO2. The average Bonchev–Trinajstić information content (AvgIpc) is 2.51. The molecule has 0 unspecified atom stereocenters. The van der Waals surface area contributed by atoms with Gasteiger partial charge in [-0.1, -0.05) is 26.0 Å². The monoisotopic (exact) mass is 311 g/mol. The molecule has 0 N–H and O–H groups in total. The summed E-state index contributed by atoms with van der Waals surface area (Å²) in [7, 11) is 0. The fraction of sp³-hybridized carbons (Fsp3) is 0.400. The van der Waals surface area contributed by atoms with E-state index in [2.05, 4.69) is 51.1 Å². The maximum atomic E-state index is 10.9. The minimum Gasteiger partial charge on any atom is -0.494 e. The molecule has 2 aromatic carbocycles. The van der Waals surface area contributed by atoms with Crippen LogP contribution in [-0.4, -0.2) is 6.61 Å². The SMILES string of the molecule is CCOc1cc(C)c(Cc2ccc(N=O)c(C(C)C)c2)c(C)c1. The summed E-state index contributed by atoms with van der Waals surface area (Å²) < 4.78 is 5.61. The zero-order chi connectivity index (χ0) is 17.0. The summed E-state index contributed by atoms with van der Waals surface area (Å²) in [4.78, 5) is 10.9. The zero-order valence-electron chi connectivity index (χ0n) is 14.6. The maximum absolute atomic E-state index is 10.9. The second-order valence-corrected chi connectivity index (χ2v) is 6.28. The minimum absolute atomic E-state index is 0.283.